The number of phenols is 1. The van der Waals surface area contributed by atoms with Crippen LogP contribution in [0.1, 0.15) is 18.6 Å². The molecule has 28 heavy (non-hydrogen) atoms. The first-order valence-electron chi connectivity index (χ1n) is 8.48. The summed E-state index contributed by atoms with van der Waals surface area (Å²) in [6, 6.07) is 7.72. The number of phenolic OH excluding ortho intramolecular Hbond substituents is 1. The van der Waals surface area contributed by atoms with Crippen molar-refractivity contribution >= 4 is 22.6 Å². The average molecular weight is 405 g/mol. The highest BCUT2D eigenvalue weighted by molar-refractivity contribution is 6.37. The van der Waals surface area contributed by atoms with Crippen LogP contribution in [0.4, 0.5) is 0 Å². The zero-order valence-electron chi connectivity index (χ0n) is 15.3. The van der Waals surface area contributed by atoms with Crippen LogP contribution in [0.2, 0.25) is 5.02 Å². The van der Waals surface area contributed by atoms with Crippen molar-refractivity contribution in [3.63, 3.8) is 0 Å². The van der Waals surface area contributed by atoms with Crippen molar-refractivity contribution in [2.75, 3.05) is 14.2 Å². The van der Waals surface area contributed by atoms with E-state index in [0.29, 0.717) is 11.1 Å². The Balaban J connectivity index is 1.89. The lowest BCUT2D eigenvalue weighted by Crippen LogP contribution is -2.31. The molecule has 1 N–H and O–H groups in total. The van der Waals surface area contributed by atoms with Crippen molar-refractivity contribution < 1.29 is 28.5 Å². The molecule has 0 saturated heterocycles. The van der Waals surface area contributed by atoms with Gasteiger partial charge in [-0.25, -0.2) is 4.79 Å². The molecule has 1 aliphatic rings. The predicted molar refractivity (Wildman–Crippen MR) is 102 cm³/mol. The second kappa shape index (κ2) is 6.83. The van der Waals surface area contributed by atoms with E-state index < -0.39 is 17.8 Å². The molecule has 4 rings (SSSR count). The van der Waals surface area contributed by atoms with Gasteiger partial charge in [0.15, 0.2) is 28.9 Å². The second-order valence-electron chi connectivity index (χ2n) is 6.30. The molecular formula is C20H17ClO7. The number of aromatic hydroxyl groups is 1. The van der Waals surface area contributed by atoms with E-state index in [9.17, 15) is 9.90 Å². The van der Waals surface area contributed by atoms with Gasteiger partial charge in [-0.2, -0.15) is 0 Å². The summed E-state index contributed by atoms with van der Waals surface area (Å²) in [6.45, 7) is 1.82. The fourth-order valence-corrected chi connectivity index (χ4v) is 3.58. The largest absolute Gasteiger partial charge is 0.504 e. The summed E-state index contributed by atoms with van der Waals surface area (Å²) in [6.07, 6.45) is -0.985. The van der Waals surface area contributed by atoms with Gasteiger partial charge in [0.1, 0.15) is 6.10 Å². The quantitative estimate of drug-likeness (QED) is 0.658. The van der Waals surface area contributed by atoms with Crippen LogP contribution < -0.4 is 24.6 Å². The number of fused-ring (bicyclic) bond motifs is 3. The van der Waals surface area contributed by atoms with Crippen LogP contribution in [-0.2, 0) is 0 Å². The molecule has 2 heterocycles. The molecule has 0 bridgehead atoms. The molecule has 2 atom stereocenters. The van der Waals surface area contributed by atoms with Gasteiger partial charge < -0.3 is 28.5 Å². The second-order valence-corrected chi connectivity index (χ2v) is 6.67. The lowest BCUT2D eigenvalue weighted by atomic mass is 10.0. The van der Waals surface area contributed by atoms with E-state index in [1.165, 1.54) is 26.4 Å². The van der Waals surface area contributed by atoms with Gasteiger partial charge in [-0.15, -0.1) is 0 Å². The Labute approximate surface area is 165 Å². The van der Waals surface area contributed by atoms with E-state index in [4.69, 9.17) is 35.0 Å². The first-order valence-corrected chi connectivity index (χ1v) is 8.86. The van der Waals surface area contributed by atoms with E-state index in [-0.39, 0.29) is 33.6 Å². The molecule has 0 saturated carbocycles. The van der Waals surface area contributed by atoms with Gasteiger partial charge in [0.2, 0.25) is 11.5 Å². The molecule has 2 unspecified atom stereocenters. The van der Waals surface area contributed by atoms with Crippen molar-refractivity contribution in [2.24, 2.45) is 0 Å². The molecule has 1 aromatic heterocycles. The first-order chi connectivity index (χ1) is 13.4. The minimum absolute atomic E-state index is 0.0180. The number of rotatable bonds is 3. The molecule has 1 aliphatic heterocycles. The van der Waals surface area contributed by atoms with E-state index in [1.54, 1.807) is 18.2 Å². The number of benzene rings is 2. The van der Waals surface area contributed by atoms with Crippen LogP contribution in [0.15, 0.2) is 39.5 Å². The third-order valence-electron chi connectivity index (χ3n) is 4.60. The summed E-state index contributed by atoms with van der Waals surface area (Å²) in [4.78, 5) is 11.7. The van der Waals surface area contributed by atoms with E-state index in [2.05, 4.69) is 0 Å². The zero-order chi connectivity index (χ0) is 20.0. The van der Waals surface area contributed by atoms with E-state index in [0.717, 1.165) is 5.56 Å². The smallest absolute Gasteiger partial charge is 0.336 e. The highest BCUT2D eigenvalue weighted by Crippen LogP contribution is 2.53. The van der Waals surface area contributed by atoms with Crippen LogP contribution in [0.3, 0.4) is 0 Å². The van der Waals surface area contributed by atoms with Crippen molar-refractivity contribution in [3.05, 3.63) is 51.3 Å². The van der Waals surface area contributed by atoms with Gasteiger partial charge in [0, 0.05) is 17.0 Å². The number of hydrogen-bond donors (Lipinski definition) is 1. The summed E-state index contributed by atoms with van der Waals surface area (Å²) >= 11 is 6.45. The average Bonchev–Trinajstić information content (AvgIpc) is 2.69. The third-order valence-corrected chi connectivity index (χ3v) is 4.97. The fraction of sp³-hybridized carbons (Fsp3) is 0.250. The summed E-state index contributed by atoms with van der Waals surface area (Å²) < 4.78 is 28.2. The standard InChI is InChI=1S/C20H17ClO7/c1-9-16(10-4-6-12(22)13(8-10)24-2)28-20-18(25-3)15(21)11-5-7-14(23)27-17(11)19(20)26-9/h4-9,16,22H,1-3H3. The molecule has 2 aromatic carbocycles. The Bertz CT molecular complexity index is 1120. The summed E-state index contributed by atoms with van der Waals surface area (Å²) in [5.41, 5.74) is 0.389. The van der Waals surface area contributed by atoms with Gasteiger partial charge in [-0.1, -0.05) is 17.7 Å². The van der Waals surface area contributed by atoms with Crippen LogP contribution >= 0.6 is 11.6 Å². The molecule has 3 aromatic rings. The highest BCUT2D eigenvalue weighted by Gasteiger charge is 2.36. The lowest BCUT2D eigenvalue weighted by Gasteiger charge is -2.33. The first kappa shape index (κ1) is 18.3. The third kappa shape index (κ3) is 2.79. The normalized spacial score (nSPS) is 18.1. The van der Waals surface area contributed by atoms with Gasteiger partial charge in [-0.05, 0) is 25.1 Å². The van der Waals surface area contributed by atoms with Crippen molar-refractivity contribution in [2.45, 2.75) is 19.1 Å². The molecular weight excluding hydrogens is 388 g/mol. The van der Waals surface area contributed by atoms with Gasteiger partial charge in [0.25, 0.3) is 0 Å². The van der Waals surface area contributed by atoms with Crippen molar-refractivity contribution in [3.8, 4) is 28.7 Å². The Morgan fingerprint density at radius 1 is 1.07 bits per heavy atom. The summed E-state index contributed by atoms with van der Waals surface area (Å²) in [7, 11) is 2.93. The molecule has 7 nitrogen and oxygen atoms in total. The minimum atomic E-state index is -0.542. The minimum Gasteiger partial charge on any atom is -0.504 e. The van der Waals surface area contributed by atoms with E-state index >= 15 is 0 Å². The molecule has 0 radical (unpaired) electrons. The van der Waals surface area contributed by atoms with Crippen LogP contribution in [0.25, 0.3) is 11.0 Å². The SMILES string of the molecule is COc1cc(C2Oc3c(OC)c(Cl)c4ccc(=O)oc4c3OC2C)ccc1O. The topological polar surface area (TPSA) is 87.4 Å². The van der Waals surface area contributed by atoms with Gasteiger partial charge >= 0.3 is 5.63 Å². The Hall–Kier alpha value is -3.06. The number of halogens is 1. The monoisotopic (exact) mass is 404 g/mol. The van der Waals surface area contributed by atoms with Gasteiger partial charge in [-0.3, -0.25) is 0 Å². The zero-order valence-corrected chi connectivity index (χ0v) is 16.1. The molecule has 0 amide bonds. The molecule has 8 heteroatoms. The van der Waals surface area contributed by atoms with E-state index in [1.807, 2.05) is 6.92 Å². The van der Waals surface area contributed by atoms with Crippen LogP contribution in [0.5, 0.6) is 28.7 Å². The molecule has 146 valence electrons. The fourth-order valence-electron chi connectivity index (χ4n) is 3.26. The van der Waals surface area contributed by atoms with Crippen molar-refractivity contribution in [1.29, 1.82) is 0 Å². The number of hydrogen-bond acceptors (Lipinski definition) is 7. The van der Waals surface area contributed by atoms with Gasteiger partial charge in [0.05, 0.1) is 19.2 Å². The van der Waals surface area contributed by atoms with Crippen molar-refractivity contribution in [1.82, 2.24) is 0 Å². The molecule has 0 fully saturated rings. The Kier molecular flexibility index (Phi) is 4.47. The number of methoxy groups -OCH3 is 2. The maximum absolute atomic E-state index is 11.7. The summed E-state index contributed by atoms with van der Waals surface area (Å²) in [5.74, 6) is 1.10. The highest BCUT2D eigenvalue weighted by atomic mass is 35.5. The Morgan fingerprint density at radius 3 is 2.57 bits per heavy atom. The maximum atomic E-state index is 11.7. The Morgan fingerprint density at radius 2 is 1.86 bits per heavy atom. The number of ether oxygens (including phenoxy) is 4. The van der Waals surface area contributed by atoms with Crippen LogP contribution in [-0.4, -0.2) is 25.4 Å². The van der Waals surface area contributed by atoms with Crippen LogP contribution in [0, 0.1) is 0 Å². The maximum Gasteiger partial charge on any atom is 0.336 e. The molecule has 0 aliphatic carbocycles. The predicted octanol–water partition coefficient (Wildman–Crippen LogP) is 4.07. The summed E-state index contributed by atoms with van der Waals surface area (Å²) in [5, 5.41) is 10.6. The molecule has 0 spiro atoms. The lowest BCUT2D eigenvalue weighted by molar-refractivity contribution is 0.0285.